The van der Waals surface area contributed by atoms with Crippen LogP contribution >= 0.6 is 52.6 Å². The van der Waals surface area contributed by atoms with Crippen LogP contribution in [0.5, 0.6) is 0 Å². The number of hydrogen-bond donors (Lipinski definition) is 10. The van der Waals surface area contributed by atoms with Gasteiger partial charge in [0.1, 0.15) is 77.6 Å². The molecule has 0 saturated carbocycles. The first-order valence-corrected chi connectivity index (χ1v) is 54.3. The molecule has 9 saturated heterocycles. The third kappa shape index (κ3) is 18.3. The topological polar surface area (TPSA) is 584 Å². The molecule has 21 heterocycles. The van der Waals surface area contributed by atoms with Crippen molar-refractivity contribution in [1.82, 2.24) is 86.0 Å². The van der Waals surface area contributed by atoms with Gasteiger partial charge in [-0.2, -0.15) is 0 Å². The number of ether oxygens (including phenoxy) is 6. The minimum Gasteiger partial charge on any atom is -0.397 e. The standard InChI is InChI=1S/C22H23F2N7O9P2S2.2C22H24FN7O9P2S2/c23-13-11-5-35-41(33,43)39-17-12(38-21(14(17)24)31-8-28-15-9(25)1-3-26-19(15)31)6-36-42(34,44)40-18(13)22(37-11)30-7-29-16-10(30)2-4-27-20(16)32;2*23-16-18-14(37-21(16)30-10-27-17-12(24)1-3-25-19(17)30)9-35-40(32,42)38-13-7-11(8-34-41(33,43)39-18)36-20(13)29-5-2-15(31)28-6-4-26-22(28)29/h1-4,7-8,11-14,17-18,21-22H,5-6H2,(H2,25,26)(H,27,32)(H,33,43)(H,34,44);2*1-6,10-11,13-14,16,18,20-21H,7-9H2,(H2,24,25)(H,32,42)(H,33,43)/t11-,12-,13+,14+,17-,18-,21-,22-,41?,42?;2*11-,13+,14+,16-,18+,20+,21+,40?,41?/m100/s1. The molecule has 0 radical (unpaired) electrons. The number of aromatic nitrogens is 18. The third-order valence-corrected chi connectivity index (χ3v) is 31.4. The number of halogens is 4. The SMILES string of the molecule is Nc1ccnc2c1ncn2[C@@H]1O[C@@H]2COP(O)(=S)O[C@@H]3C[C@@H](COP(O)(=S)O[C@H]2[C@@H]1F)O[C@H]3n1ccc(=O)n2ccnc12.Nc1ccnc2c1ncn2[C@@H]1O[C@@H]2COP(O)(=S)O[C@@H]3C[C@@H](COP(O)(=S)O[C@H]2[C@@H]1F)O[C@H]3n1ccc(=O)n2ccnc12.Nc1ccnc2c1ncn2[C@@H]1O[C@@H]2COP(O)(=S)O[C@@H]3[C@@H](F)[C@@H](COP(=O)(S)O[C@H]2[C@@H]1F)O[C@H]3n1cnc2c(=O)[nH]ccc21. The molecule has 0 aromatic carbocycles. The van der Waals surface area contributed by atoms with E-state index < -0.39 is 208 Å². The van der Waals surface area contributed by atoms with E-state index >= 15 is 17.6 Å². The lowest BCUT2D eigenvalue weighted by molar-refractivity contribution is -0.0600. The molecule has 9 aliphatic rings. The van der Waals surface area contributed by atoms with Gasteiger partial charge < -0.3 is 111 Å². The molecule has 6 bridgehead atoms. The number of nitrogens with two attached hydrogens (primary N) is 3. The maximum absolute atomic E-state index is 16.0. The molecule has 0 amide bonds. The van der Waals surface area contributed by atoms with Gasteiger partial charge in [-0.1, -0.05) is 12.2 Å². The minimum absolute atomic E-state index is 0.0376. The summed E-state index contributed by atoms with van der Waals surface area (Å²) in [6.07, 6.45) is -9.97. The maximum Gasteiger partial charge on any atom is 0.386 e. The number of anilines is 3. The van der Waals surface area contributed by atoms with Crippen LogP contribution < -0.4 is 33.9 Å². The van der Waals surface area contributed by atoms with Crippen molar-refractivity contribution >= 4 is 185 Å². The molecule has 130 heavy (non-hydrogen) atoms. The Labute approximate surface area is 755 Å². The summed E-state index contributed by atoms with van der Waals surface area (Å²) in [6.45, 7) is -27.7. The highest BCUT2D eigenvalue weighted by molar-refractivity contribution is 8.44. The quantitative estimate of drug-likeness (QED) is 0.0602. The van der Waals surface area contributed by atoms with Crippen LogP contribution in [0.3, 0.4) is 0 Å². The summed E-state index contributed by atoms with van der Waals surface area (Å²) in [5.74, 6) is 0.504. The van der Waals surface area contributed by atoms with Crippen molar-refractivity contribution < 1.29 is 129 Å². The van der Waals surface area contributed by atoms with E-state index in [-0.39, 0.29) is 76.7 Å². The van der Waals surface area contributed by atoms with E-state index in [1.807, 2.05) is 0 Å². The Hall–Kier alpha value is -6.85. The van der Waals surface area contributed by atoms with Gasteiger partial charge in [-0.3, -0.25) is 68.6 Å². The molecule has 6 unspecified atom stereocenters. The zero-order chi connectivity index (χ0) is 91.2. The fraction of sp³-hybridized carbons (Fsp3) is 0.455. The lowest BCUT2D eigenvalue weighted by Gasteiger charge is -2.28. The Morgan fingerprint density at radius 1 is 0.385 bits per heavy atom. The fourth-order valence-corrected chi connectivity index (χ4v) is 24.8. The predicted octanol–water partition coefficient (Wildman–Crippen LogP) is 4.89. The number of rotatable bonds is 6. The summed E-state index contributed by atoms with van der Waals surface area (Å²) in [5.41, 5.74) is 19.7. The average molecular weight is 2040 g/mol. The van der Waals surface area contributed by atoms with Crippen molar-refractivity contribution in [2.75, 3.05) is 56.8 Å². The summed E-state index contributed by atoms with van der Waals surface area (Å²) in [6, 6.07) is 8.78. The molecule has 696 valence electrons. The zero-order valence-corrected chi connectivity index (χ0v) is 76.0. The number of alkyl halides is 4. The van der Waals surface area contributed by atoms with Gasteiger partial charge in [0, 0.05) is 86.9 Å². The van der Waals surface area contributed by atoms with Crippen LogP contribution in [-0.4, -0.2) is 248 Å². The van der Waals surface area contributed by atoms with Crippen LogP contribution in [0, 0.1) is 0 Å². The van der Waals surface area contributed by atoms with E-state index in [2.05, 4.69) is 62.1 Å². The van der Waals surface area contributed by atoms with Gasteiger partial charge in [-0.05, 0) is 83.3 Å². The van der Waals surface area contributed by atoms with Gasteiger partial charge in [-0.15, -0.1) is 0 Å². The molecule has 28 atom stereocenters. The van der Waals surface area contributed by atoms with Crippen molar-refractivity contribution in [3.8, 4) is 0 Å². The highest BCUT2D eigenvalue weighted by Crippen LogP contribution is 2.61. The minimum atomic E-state index is -4.41. The smallest absolute Gasteiger partial charge is 0.386 e. The lowest BCUT2D eigenvalue weighted by Crippen LogP contribution is -2.34. The molecule has 48 nitrogen and oxygen atoms in total. The third-order valence-electron chi connectivity index (χ3n) is 21.9. The highest BCUT2D eigenvalue weighted by atomic mass is 32.7. The van der Waals surface area contributed by atoms with E-state index in [0.29, 0.717) is 33.6 Å². The van der Waals surface area contributed by atoms with Gasteiger partial charge in [0.2, 0.25) is 11.6 Å². The highest BCUT2D eigenvalue weighted by Gasteiger charge is 2.57. The monoisotopic (exact) mass is 2040 g/mol. The molecule has 0 aliphatic carbocycles. The molecule has 9 aliphatic heterocycles. The van der Waals surface area contributed by atoms with Crippen molar-refractivity contribution in [3.63, 3.8) is 0 Å². The number of nitrogen functional groups attached to an aromatic ring is 3. The Morgan fingerprint density at radius 2 is 0.754 bits per heavy atom. The number of fused-ring (bicyclic) bond motifs is 15. The van der Waals surface area contributed by atoms with Crippen LogP contribution in [0.15, 0.2) is 138 Å². The number of nitrogens with one attached hydrogen (secondary N) is 1. The molecule has 12 N–H and O–H groups in total. The molecule has 64 heteroatoms. The van der Waals surface area contributed by atoms with Crippen molar-refractivity contribution in [2.45, 2.75) is 148 Å². The Kier molecular flexibility index (Phi) is 25.5. The first-order chi connectivity index (χ1) is 61.9. The lowest BCUT2D eigenvalue weighted by atomic mass is 10.1. The number of nitrogens with zero attached hydrogens (tertiary/aromatic N) is 17. The van der Waals surface area contributed by atoms with E-state index in [0.717, 1.165) is 0 Å². The number of imidazole rings is 6. The van der Waals surface area contributed by atoms with E-state index in [4.69, 9.17) is 159 Å². The summed E-state index contributed by atoms with van der Waals surface area (Å²) >= 11 is 30.2. The van der Waals surface area contributed by atoms with Gasteiger partial charge in [0.25, 0.3) is 16.7 Å². The van der Waals surface area contributed by atoms with Crippen LogP contribution in [0.1, 0.15) is 50.2 Å². The molecule has 9 fully saturated rings. The zero-order valence-electron chi connectivity index (χ0n) is 65.6. The molecule has 21 rings (SSSR count). The number of H-pyrrole nitrogens is 1. The summed E-state index contributed by atoms with van der Waals surface area (Å²) < 4.78 is 191. The molecule has 12 aromatic heterocycles. The maximum atomic E-state index is 16.0. The van der Waals surface area contributed by atoms with Gasteiger partial charge in [0.05, 0.1) is 99.7 Å². The summed E-state index contributed by atoms with van der Waals surface area (Å²) in [7, 11) is 0. The van der Waals surface area contributed by atoms with Crippen molar-refractivity contribution in [2.24, 2.45) is 0 Å². The van der Waals surface area contributed by atoms with Crippen molar-refractivity contribution in [3.05, 3.63) is 155 Å². The Bertz CT molecular complexity index is 6610. The van der Waals surface area contributed by atoms with Crippen LogP contribution in [0.25, 0.3) is 56.1 Å². The average Bonchev–Trinajstić information content (AvgIpc) is 1.48. The fourth-order valence-electron chi connectivity index (χ4n) is 16.1. The van der Waals surface area contributed by atoms with E-state index in [9.17, 15) is 43.4 Å². The number of thiol groups is 1. The van der Waals surface area contributed by atoms with Crippen molar-refractivity contribution in [1.29, 1.82) is 0 Å². The first-order valence-electron chi connectivity index (χ1n) is 38.7. The second-order valence-corrected chi connectivity index (χ2v) is 47.0. The van der Waals surface area contributed by atoms with Crippen LogP contribution in [0.2, 0.25) is 0 Å². The second-order valence-electron chi connectivity index (χ2n) is 30.1. The molecule has 12 aromatic rings. The normalized spacial score (nSPS) is 37.5. The summed E-state index contributed by atoms with van der Waals surface area (Å²) in [5, 5.41) is 0. The second kappa shape index (κ2) is 36.0. The van der Waals surface area contributed by atoms with Gasteiger partial charge in [-0.25, -0.2) is 67.0 Å². The first kappa shape index (κ1) is 92.2. The van der Waals surface area contributed by atoms with Gasteiger partial charge >= 0.3 is 40.4 Å². The number of pyridine rings is 4. The van der Waals surface area contributed by atoms with Gasteiger partial charge in [0.15, 0.2) is 84.5 Å². The Morgan fingerprint density at radius 3 is 1.18 bits per heavy atom. The van der Waals surface area contributed by atoms with E-state index in [1.165, 1.54) is 139 Å². The number of aromatic amines is 1. The number of hydrogen-bond acceptors (Lipinski definition) is 39. The molecular weight excluding hydrogens is 1970 g/mol. The largest absolute Gasteiger partial charge is 0.397 e. The van der Waals surface area contributed by atoms with Crippen LogP contribution in [-0.2, 0) is 146 Å². The predicted molar refractivity (Wildman–Crippen MR) is 461 cm³/mol. The summed E-state index contributed by atoms with van der Waals surface area (Å²) in [4.78, 5) is 132. The molecular formula is C66H71F4N21O27P6S6. The van der Waals surface area contributed by atoms with E-state index in [1.54, 1.807) is 21.3 Å². The molecule has 0 spiro atoms. The Balaban J connectivity index is 0.000000126. The van der Waals surface area contributed by atoms with Crippen LogP contribution in [0.4, 0.5) is 34.6 Å².